The lowest BCUT2D eigenvalue weighted by Gasteiger charge is -2.12. The van der Waals surface area contributed by atoms with Crippen molar-refractivity contribution in [3.05, 3.63) is 64.6 Å². The van der Waals surface area contributed by atoms with E-state index in [0.717, 1.165) is 16.9 Å². The average Bonchev–Trinajstić information content (AvgIpc) is 3.38. The molecule has 0 radical (unpaired) electrons. The van der Waals surface area contributed by atoms with Crippen LogP contribution in [0, 0.1) is 6.92 Å². The third-order valence-corrected chi connectivity index (χ3v) is 6.32. The number of carbonyl (C=O) groups excluding carboxylic acids is 1. The third-order valence-electron chi connectivity index (χ3n) is 4.26. The van der Waals surface area contributed by atoms with E-state index in [4.69, 9.17) is 16.3 Å². The van der Waals surface area contributed by atoms with Gasteiger partial charge >= 0.3 is 0 Å². The summed E-state index contributed by atoms with van der Waals surface area (Å²) < 4.78 is 7.40. The van der Waals surface area contributed by atoms with E-state index in [0.29, 0.717) is 26.9 Å². The Kier molecular flexibility index (Phi) is 6.55. The molecule has 1 N–H and O–H groups in total. The normalized spacial score (nSPS) is 10.8. The zero-order chi connectivity index (χ0) is 21.8. The highest BCUT2D eigenvalue weighted by Gasteiger charge is 2.20. The van der Waals surface area contributed by atoms with Gasteiger partial charge in [-0.2, -0.15) is 0 Å². The molecule has 0 aliphatic carbocycles. The van der Waals surface area contributed by atoms with Crippen molar-refractivity contribution in [3.8, 4) is 22.8 Å². The molecule has 0 aliphatic heterocycles. The summed E-state index contributed by atoms with van der Waals surface area (Å²) in [7, 11) is 1.61. The first-order chi connectivity index (χ1) is 15.0. The first-order valence-corrected chi connectivity index (χ1v) is 11.5. The molecule has 0 saturated heterocycles. The van der Waals surface area contributed by atoms with Gasteiger partial charge in [0.05, 0.1) is 24.1 Å². The molecule has 1 amide bonds. The zero-order valence-corrected chi connectivity index (χ0v) is 19.1. The minimum Gasteiger partial charge on any atom is -0.496 e. The van der Waals surface area contributed by atoms with Gasteiger partial charge in [0, 0.05) is 16.1 Å². The Morgan fingerprint density at radius 1 is 1.19 bits per heavy atom. The van der Waals surface area contributed by atoms with E-state index in [2.05, 4.69) is 20.5 Å². The summed E-state index contributed by atoms with van der Waals surface area (Å²) in [5.41, 5.74) is 2.49. The zero-order valence-electron chi connectivity index (χ0n) is 16.7. The molecule has 2 aromatic heterocycles. The molecule has 0 fully saturated rings. The number of benzene rings is 2. The van der Waals surface area contributed by atoms with Crippen LogP contribution in [0.2, 0.25) is 5.02 Å². The molecule has 0 saturated carbocycles. The Balaban J connectivity index is 1.65. The second-order valence-electron chi connectivity index (χ2n) is 6.45. The van der Waals surface area contributed by atoms with Gasteiger partial charge in [0.15, 0.2) is 16.1 Å². The molecular formula is C21H18ClN5O2S2. The van der Waals surface area contributed by atoms with E-state index >= 15 is 0 Å². The Labute approximate surface area is 192 Å². The SMILES string of the molecule is COc1ccccc1-c1nnc(SCC(=O)Nc2nc(C)cs2)n1-c1ccc(Cl)cc1. The predicted octanol–water partition coefficient (Wildman–Crippen LogP) is 5.09. The first kappa shape index (κ1) is 21.4. The monoisotopic (exact) mass is 471 g/mol. The quantitative estimate of drug-likeness (QED) is 0.378. The number of ether oxygens (including phenoxy) is 1. The third kappa shape index (κ3) is 4.90. The molecule has 0 unspecified atom stereocenters. The number of rotatable bonds is 7. The van der Waals surface area contributed by atoms with Gasteiger partial charge < -0.3 is 10.1 Å². The molecule has 158 valence electrons. The maximum Gasteiger partial charge on any atom is 0.236 e. The number of hydrogen-bond donors (Lipinski definition) is 1. The molecule has 2 heterocycles. The van der Waals surface area contributed by atoms with Gasteiger partial charge in [0.25, 0.3) is 0 Å². The molecule has 31 heavy (non-hydrogen) atoms. The predicted molar refractivity (Wildman–Crippen MR) is 125 cm³/mol. The van der Waals surface area contributed by atoms with Crippen LogP contribution in [0.5, 0.6) is 5.75 Å². The fourth-order valence-electron chi connectivity index (χ4n) is 2.89. The van der Waals surface area contributed by atoms with Gasteiger partial charge in [-0.1, -0.05) is 35.5 Å². The average molecular weight is 472 g/mol. The highest BCUT2D eigenvalue weighted by atomic mass is 35.5. The summed E-state index contributed by atoms with van der Waals surface area (Å²) in [6.45, 7) is 1.88. The van der Waals surface area contributed by atoms with E-state index in [9.17, 15) is 4.79 Å². The molecular weight excluding hydrogens is 454 g/mol. The molecule has 0 aliphatic rings. The molecule has 0 atom stereocenters. The number of aryl methyl sites for hydroxylation is 1. The fraction of sp³-hybridized carbons (Fsp3) is 0.143. The molecule has 4 rings (SSSR count). The lowest BCUT2D eigenvalue weighted by molar-refractivity contribution is -0.113. The second kappa shape index (κ2) is 9.51. The molecule has 10 heteroatoms. The van der Waals surface area contributed by atoms with Gasteiger partial charge in [-0.25, -0.2) is 4.98 Å². The van der Waals surface area contributed by atoms with Crippen molar-refractivity contribution in [2.24, 2.45) is 0 Å². The largest absolute Gasteiger partial charge is 0.496 e. The van der Waals surface area contributed by atoms with Crippen molar-refractivity contribution in [3.63, 3.8) is 0 Å². The number of amides is 1. The molecule has 2 aromatic carbocycles. The van der Waals surface area contributed by atoms with Crippen molar-refractivity contribution in [1.82, 2.24) is 19.7 Å². The minimum absolute atomic E-state index is 0.163. The fourth-order valence-corrected chi connectivity index (χ4v) is 4.47. The highest BCUT2D eigenvalue weighted by Crippen LogP contribution is 2.33. The van der Waals surface area contributed by atoms with Crippen LogP contribution in [0.25, 0.3) is 17.1 Å². The van der Waals surface area contributed by atoms with Crippen LogP contribution in [-0.4, -0.2) is 38.5 Å². The van der Waals surface area contributed by atoms with Gasteiger partial charge in [-0.15, -0.1) is 21.5 Å². The number of nitrogens with one attached hydrogen (secondary N) is 1. The Morgan fingerprint density at radius 2 is 1.97 bits per heavy atom. The van der Waals surface area contributed by atoms with Gasteiger partial charge in [-0.05, 0) is 43.3 Å². The summed E-state index contributed by atoms with van der Waals surface area (Å²) in [5.74, 6) is 1.29. The number of para-hydroxylation sites is 1. The van der Waals surface area contributed by atoms with Crippen molar-refractivity contribution >= 4 is 45.7 Å². The number of halogens is 1. The summed E-state index contributed by atoms with van der Waals surface area (Å²) in [4.78, 5) is 16.7. The number of carbonyl (C=O) groups is 1. The summed E-state index contributed by atoms with van der Waals surface area (Å²) >= 11 is 8.76. The molecule has 0 bridgehead atoms. The van der Waals surface area contributed by atoms with Crippen molar-refractivity contribution < 1.29 is 9.53 Å². The highest BCUT2D eigenvalue weighted by molar-refractivity contribution is 7.99. The van der Waals surface area contributed by atoms with Crippen molar-refractivity contribution in [2.75, 3.05) is 18.2 Å². The molecule has 0 spiro atoms. The number of thiazole rings is 1. The van der Waals surface area contributed by atoms with Crippen LogP contribution in [0.1, 0.15) is 5.69 Å². The maximum absolute atomic E-state index is 12.4. The smallest absolute Gasteiger partial charge is 0.236 e. The number of hydrogen-bond acceptors (Lipinski definition) is 7. The Bertz CT molecular complexity index is 1210. The van der Waals surface area contributed by atoms with Crippen LogP contribution in [0.4, 0.5) is 5.13 Å². The number of anilines is 1. The standard InChI is InChI=1S/C21H18ClN5O2S2/c1-13-11-30-20(23-13)24-18(28)12-31-21-26-25-19(16-5-3-4-6-17(16)29-2)27(21)15-9-7-14(22)8-10-15/h3-11H,12H2,1-2H3,(H,23,24,28). The number of methoxy groups -OCH3 is 1. The Hall–Kier alpha value is -2.88. The summed E-state index contributed by atoms with van der Waals surface area (Å²) in [6, 6.07) is 15.0. The van der Waals surface area contributed by atoms with E-state index < -0.39 is 0 Å². The molecule has 7 nitrogen and oxygen atoms in total. The number of nitrogens with zero attached hydrogens (tertiary/aromatic N) is 4. The van der Waals surface area contributed by atoms with E-state index in [-0.39, 0.29) is 11.7 Å². The van der Waals surface area contributed by atoms with Gasteiger partial charge in [-0.3, -0.25) is 9.36 Å². The lowest BCUT2D eigenvalue weighted by atomic mass is 10.2. The number of thioether (sulfide) groups is 1. The summed E-state index contributed by atoms with van der Waals surface area (Å²) in [5, 5.41) is 15.2. The van der Waals surface area contributed by atoms with E-state index in [1.165, 1.54) is 23.1 Å². The topological polar surface area (TPSA) is 81.9 Å². The first-order valence-electron chi connectivity index (χ1n) is 9.24. The van der Waals surface area contributed by atoms with Crippen LogP contribution < -0.4 is 10.1 Å². The van der Waals surface area contributed by atoms with Crippen LogP contribution in [-0.2, 0) is 4.79 Å². The van der Waals surface area contributed by atoms with E-state index in [1.54, 1.807) is 19.2 Å². The minimum atomic E-state index is -0.163. The number of aromatic nitrogens is 4. The van der Waals surface area contributed by atoms with Crippen molar-refractivity contribution in [1.29, 1.82) is 0 Å². The van der Waals surface area contributed by atoms with Crippen molar-refractivity contribution in [2.45, 2.75) is 12.1 Å². The van der Waals surface area contributed by atoms with Gasteiger partial charge in [0.2, 0.25) is 5.91 Å². The molecule has 4 aromatic rings. The summed E-state index contributed by atoms with van der Waals surface area (Å²) in [6.07, 6.45) is 0. The van der Waals surface area contributed by atoms with Gasteiger partial charge in [0.1, 0.15) is 5.75 Å². The lowest BCUT2D eigenvalue weighted by Crippen LogP contribution is -2.14. The second-order valence-corrected chi connectivity index (χ2v) is 8.69. The Morgan fingerprint density at radius 3 is 2.68 bits per heavy atom. The van der Waals surface area contributed by atoms with E-state index in [1.807, 2.05) is 53.3 Å². The van der Waals surface area contributed by atoms with Crippen LogP contribution in [0.15, 0.2) is 59.1 Å². The van der Waals surface area contributed by atoms with Crippen LogP contribution in [0.3, 0.4) is 0 Å². The van der Waals surface area contributed by atoms with Crippen LogP contribution >= 0.6 is 34.7 Å². The maximum atomic E-state index is 12.4.